The zero-order valence-corrected chi connectivity index (χ0v) is 15.1. The van der Waals surface area contributed by atoms with E-state index in [1.807, 2.05) is 35.2 Å². The molecule has 2 aromatic rings. The van der Waals surface area contributed by atoms with Gasteiger partial charge in [0.2, 0.25) is 0 Å². The fraction of sp³-hybridized carbons (Fsp3) is 0.300. The van der Waals surface area contributed by atoms with E-state index in [1.54, 1.807) is 24.3 Å². The smallest absolute Gasteiger partial charge is 0.258 e. The summed E-state index contributed by atoms with van der Waals surface area (Å²) in [4.78, 5) is 26.3. The summed E-state index contributed by atoms with van der Waals surface area (Å²) < 4.78 is 5.45. The first kappa shape index (κ1) is 18.3. The summed E-state index contributed by atoms with van der Waals surface area (Å²) in [6.45, 7) is 1.23. The van der Waals surface area contributed by atoms with E-state index in [1.165, 1.54) is 0 Å². The van der Waals surface area contributed by atoms with E-state index in [4.69, 9.17) is 16.3 Å². The van der Waals surface area contributed by atoms with Crippen molar-refractivity contribution in [2.45, 2.75) is 18.9 Å². The fourth-order valence-electron chi connectivity index (χ4n) is 2.94. The number of carbonyl (C=O) groups excluding carboxylic acids is 2. The van der Waals surface area contributed by atoms with Crippen LogP contribution in [0.25, 0.3) is 0 Å². The van der Waals surface area contributed by atoms with Crippen molar-refractivity contribution >= 4 is 23.4 Å². The van der Waals surface area contributed by atoms with Crippen molar-refractivity contribution in [2.24, 2.45) is 0 Å². The number of amides is 2. The van der Waals surface area contributed by atoms with Crippen LogP contribution in [0.5, 0.6) is 5.75 Å². The van der Waals surface area contributed by atoms with Crippen molar-refractivity contribution in [3.05, 3.63) is 65.2 Å². The third-order valence-corrected chi connectivity index (χ3v) is 4.60. The Morgan fingerprint density at radius 3 is 2.35 bits per heavy atom. The lowest BCUT2D eigenvalue weighted by Gasteiger charge is -2.32. The molecule has 1 saturated heterocycles. The van der Waals surface area contributed by atoms with Crippen molar-refractivity contribution < 1.29 is 14.3 Å². The third-order valence-electron chi connectivity index (χ3n) is 4.35. The summed E-state index contributed by atoms with van der Waals surface area (Å²) >= 11 is 5.81. The third kappa shape index (κ3) is 4.99. The molecule has 3 rings (SSSR count). The first-order valence-electron chi connectivity index (χ1n) is 8.64. The maximum Gasteiger partial charge on any atom is 0.258 e. The first-order valence-corrected chi connectivity index (χ1v) is 9.01. The molecule has 2 amide bonds. The van der Waals surface area contributed by atoms with E-state index in [0.717, 1.165) is 12.8 Å². The standard InChI is InChI=1S/C20H21ClN2O3/c21-16-6-8-18(9-7-16)26-14-19(24)22-17-10-12-23(13-11-17)20(25)15-4-2-1-3-5-15/h1-9,17H,10-14H2,(H,22,24). The number of nitrogens with one attached hydrogen (secondary N) is 1. The molecule has 0 aromatic heterocycles. The van der Waals surface area contributed by atoms with Crippen molar-refractivity contribution in [3.8, 4) is 5.75 Å². The minimum absolute atomic E-state index is 0.0369. The number of hydrogen-bond acceptors (Lipinski definition) is 3. The van der Waals surface area contributed by atoms with Gasteiger partial charge in [0, 0.05) is 29.7 Å². The van der Waals surface area contributed by atoms with Crippen molar-refractivity contribution in [1.29, 1.82) is 0 Å². The van der Waals surface area contributed by atoms with Crippen molar-refractivity contribution in [2.75, 3.05) is 19.7 Å². The molecule has 0 radical (unpaired) electrons. The van der Waals surface area contributed by atoms with Crippen LogP contribution in [-0.4, -0.2) is 42.5 Å². The lowest BCUT2D eigenvalue weighted by molar-refractivity contribution is -0.124. The summed E-state index contributed by atoms with van der Waals surface area (Å²) in [6, 6.07) is 16.2. The van der Waals surface area contributed by atoms with Gasteiger partial charge in [-0.2, -0.15) is 0 Å². The van der Waals surface area contributed by atoms with Crippen LogP contribution in [0.15, 0.2) is 54.6 Å². The normalized spacial score (nSPS) is 14.7. The second-order valence-corrected chi connectivity index (χ2v) is 6.68. The Morgan fingerprint density at radius 2 is 1.69 bits per heavy atom. The molecule has 0 aliphatic carbocycles. The number of hydrogen-bond donors (Lipinski definition) is 1. The molecule has 0 atom stereocenters. The molecule has 1 heterocycles. The summed E-state index contributed by atoms with van der Waals surface area (Å²) in [5.74, 6) is 0.488. The SMILES string of the molecule is O=C(COc1ccc(Cl)cc1)NC1CCN(C(=O)c2ccccc2)CC1. The average Bonchev–Trinajstić information content (AvgIpc) is 2.68. The van der Waals surface area contributed by atoms with Crippen LogP contribution in [0.1, 0.15) is 23.2 Å². The molecule has 0 bridgehead atoms. The van der Waals surface area contributed by atoms with E-state index in [0.29, 0.717) is 29.4 Å². The number of likely N-dealkylation sites (tertiary alicyclic amines) is 1. The van der Waals surface area contributed by atoms with Gasteiger partial charge in [-0.1, -0.05) is 29.8 Å². The Morgan fingerprint density at radius 1 is 1.04 bits per heavy atom. The molecule has 2 aromatic carbocycles. The second-order valence-electron chi connectivity index (χ2n) is 6.24. The Balaban J connectivity index is 1.41. The van der Waals surface area contributed by atoms with Gasteiger partial charge in [0.05, 0.1) is 0 Å². The molecular weight excluding hydrogens is 352 g/mol. The highest BCUT2D eigenvalue weighted by Crippen LogP contribution is 2.16. The van der Waals surface area contributed by atoms with Gasteiger partial charge >= 0.3 is 0 Å². The highest BCUT2D eigenvalue weighted by Gasteiger charge is 2.24. The summed E-state index contributed by atoms with van der Waals surface area (Å²) in [5, 5.41) is 3.60. The second kappa shape index (κ2) is 8.72. The van der Waals surface area contributed by atoms with Crippen LogP contribution in [0.3, 0.4) is 0 Å². The van der Waals surface area contributed by atoms with Crippen LogP contribution in [0.2, 0.25) is 5.02 Å². The summed E-state index contributed by atoms with van der Waals surface area (Å²) in [6.07, 6.45) is 1.48. The van der Waals surface area contributed by atoms with E-state index < -0.39 is 0 Å². The predicted octanol–water partition coefficient (Wildman–Crippen LogP) is 3.14. The maximum absolute atomic E-state index is 12.4. The molecule has 0 saturated carbocycles. The largest absolute Gasteiger partial charge is 0.484 e. The topological polar surface area (TPSA) is 58.6 Å². The minimum atomic E-state index is -0.159. The van der Waals surface area contributed by atoms with E-state index in [2.05, 4.69) is 5.32 Å². The average molecular weight is 373 g/mol. The Bertz CT molecular complexity index is 741. The Hall–Kier alpha value is -2.53. The maximum atomic E-state index is 12.4. The zero-order valence-electron chi connectivity index (χ0n) is 14.4. The van der Waals surface area contributed by atoms with Gasteiger partial charge in [0.25, 0.3) is 11.8 Å². The van der Waals surface area contributed by atoms with Crippen molar-refractivity contribution in [3.63, 3.8) is 0 Å². The number of nitrogens with zero attached hydrogens (tertiary/aromatic N) is 1. The molecule has 1 aliphatic heterocycles. The number of benzene rings is 2. The summed E-state index contributed by atoms with van der Waals surface area (Å²) in [7, 11) is 0. The highest BCUT2D eigenvalue weighted by molar-refractivity contribution is 6.30. The van der Waals surface area contributed by atoms with Gasteiger partial charge in [0.15, 0.2) is 6.61 Å². The zero-order chi connectivity index (χ0) is 18.4. The fourth-order valence-corrected chi connectivity index (χ4v) is 3.07. The van der Waals surface area contributed by atoms with Crippen LogP contribution in [0, 0.1) is 0 Å². The molecular formula is C20H21ClN2O3. The van der Waals surface area contributed by atoms with Gasteiger partial charge in [-0.3, -0.25) is 9.59 Å². The molecule has 0 spiro atoms. The van der Waals surface area contributed by atoms with E-state index in [9.17, 15) is 9.59 Å². The summed E-state index contributed by atoms with van der Waals surface area (Å²) in [5.41, 5.74) is 0.700. The molecule has 0 unspecified atom stereocenters. The number of halogens is 1. The number of rotatable bonds is 5. The lowest BCUT2D eigenvalue weighted by Crippen LogP contribution is -2.47. The molecule has 26 heavy (non-hydrogen) atoms. The van der Waals surface area contributed by atoms with E-state index in [-0.39, 0.29) is 24.5 Å². The predicted molar refractivity (Wildman–Crippen MR) is 100 cm³/mol. The minimum Gasteiger partial charge on any atom is -0.484 e. The Labute approximate surface area is 157 Å². The van der Waals surface area contributed by atoms with Crippen LogP contribution < -0.4 is 10.1 Å². The molecule has 1 N–H and O–H groups in total. The van der Waals surface area contributed by atoms with Gasteiger partial charge < -0.3 is 15.0 Å². The monoisotopic (exact) mass is 372 g/mol. The number of ether oxygens (including phenoxy) is 1. The van der Waals surface area contributed by atoms with Crippen LogP contribution >= 0.6 is 11.6 Å². The Kier molecular flexibility index (Phi) is 6.12. The quantitative estimate of drug-likeness (QED) is 0.877. The van der Waals surface area contributed by atoms with Crippen LogP contribution in [-0.2, 0) is 4.79 Å². The first-order chi connectivity index (χ1) is 12.6. The molecule has 136 valence electrons. The molecule has 6 heteroatoms. The van der Waals surface area contributed by atoms with Gasteiger partial charge in [-0.05, 0) is 49.2 Å². The molecule has 1 aliphatic rings. The van der Waals surface area contributed by atoms with Crippen molar-refractivity contribution in [1.82, 2.24) is 10.2 Å². The molecule has 5 nitrogen and oxygen atoms in total. The number of carbonyl (C=O) groups is 2. The number of piperidine rings is 1. The van der Waals surface area contributed by atoms with Gasteiger partial charge in [-0.15, -0.1) is 0 Å². The lowest BCUT2D eigenvalue weighted by atomic mass is 10.0. The van der Waals surface area contributed by atoms with Gasteiger partial charge in [0.1, 0.15) is 5.75 Å². The van der Waals surface area contributed by atoms with E-state index >= 15 is 0 Å². The van der Waals surface area contributed by atoms with Gasteiger partial charge in [-0.25, -0.2) is 0 Å². The molecule has 1 fully saturated rings. The van der Waals surface area contributed by atoms with Crippen LogP contribution in [0.4, 0.5) is 0 Å². The highest BCUT2D eigenvalue weighted by atomic mass is 35.5.